The average molecular weight is 408 g/mol. The summed E-state index contributed by atoms with van der Waals surface area (Å²) in [6, 6.07) is 10.3. The first kappa shape index (κ1) is 14.9. The molecule has 19 heavy (non-hydrogen) atoms. The fraction of sp³-hybridized carbons (Fsp3) is 0.0769. The minimum absolute atomic E-state index is 0.0461. The van der Waals surface area contributed by atoms with Gasteiger partial charge in [0.25, 0.3) is 0 Å². The number of hydrogen-bond acceptors (Lipinski definition) is 2. The van der Waals surface area contributed by atoms with Crippen LogP contribution in [-0.4, -0.2) is 0 Å². The molecule has 0 radical (unpaired) electrons. The first-order valence-electron chi connectivity index (χ1n) is 5.40. The lowest BCUT2D eigenvalue weighted by atomic mass is 9.99. The van der Waals surface area contributed by atoms with Crippen molar-refractivity contribution in [2.24, 2.45) is 5.84 Å². The lowest BCUT2D eigenvalue weighted by molar-refractivity contribution is 0.559. The molecule has 0 spiro atoms. The van der Waals surface area contributed by atoms with Crippen molar-refractivity contribution in [1.82, 2.24) is 5.43 Å². The van der Waals surface area contributed by atoms with Gasteiger partial charge in [-0.1, -0.05) is 51.8 Å². The first-order valence-corrected chi connectivity index (χ1v) is 7.36. The molecule has 0 fully saturated rings. The van der Waals surface area contributed by atoms with Crippen LogP contribution in [-0.2, 0) is 0 Å². The Morgan fingerprint density at radius 3 is 2.37 bits per heavy atom. The van der Waals surface area contributed by atoms with Crippen LogP contribution >= 0.6 is 43.5 Å². The summed E-state index contributed by atoms with van der Waals surface area (Å²) in [5.41, 5.74) is 3.85. The van der Waals surface area contributed by atoms with Crippen molar-refractivity contribution in [3.63, 3.8) is 0 Å². The topological polar surface area (TPSA) is 38.0 Å². The zero-order valence-corrected chi connectivity index (χ0v) is 13.6. The summed E-state index contributed by atoms with van der Waals surface area (Å²) in [5, 5.41) is 0.0461. The first-order chi connectivity index (χ1) is 9.06. The van der Waals surface area contributed by atoms with Crippen LogP contribution in [0, 0.1) is 5.82 Å². The maximum absolute atomic E-state index is 14.2. The minimum atomic E-state index is -0.491. The zero-order chi connectivity index (χ0) is 14.0. The van der Waals surface area contributed by atoms with E-state index in [-0.39, 0.29) is 5.02 Å². The normalized spacial score (nSPS) is 12.5. The number of nitrogens with two attached hydrogens (primary N) is 1. The van der Waals surface area contributed by atoms with Crippen molar-refractivity contribution in [2.45, 2.75) is 6.04 Å². The second-order valence-electron chi connectivity index (χ2n) is 3.89. The number of halogens is 4. The van der Waals surface area contributed by atoms with E-state index in [9.17, 15) is 4.39 Å². The third-order valence-corrected chi connectivity index (χ3v) is 4.74. The summed E-state index contributed by atoms with van der Waals surface area (Å²) in [5.74, 6) is 5.08. The van der Waals surface area contributed by atoms with Gasteiger partial charge in [0.2, 0.25) is 0 Å². The van der Waals surface area contributed by atoms with E-state index in [1.54, 1.807) is 12.1 Å². The molecule has 0 saturated heterocycles. The summed E-state index contributed by atoms with van der Waals surface area (Å²) >= 11 is 12.5. The van der Waals surface area contributed by atoms with Crippen LogP contribution in [0.15, 0.2) is 45.3 Å². The Morgan fingerprint density at radius 1 is 1.05 bits per heavy atom. The lowest BCUT2D eigenvalue weighted by Crippen LogP contribution is -2.29. The molecule has 0 bridgehead atoms. The van der Waals surface area contributed by atoms with Gasteiger partial charge in [-0.15, -0.1) is 0 Å². The highest BCUT2D eigenvalue weighted by Crippen LogP contribution is 2.34. The lowest BCUT2D eigenvalue weighted by Gasteiger charge is -2.19. The molecular formula is C13H10Br2ClFN2. The largest absolute Gasteiger partial charge is 0.271 e. The molecule has 0 aliphatic rings. The summed E-state index contributed by atoms with van der Waals surface area (Å²) in [7, 11) is 0. The van der Waals surface area contributed by atoms with Crippen molar-refractivity contribution in [1.29, 1.82) is 0 Å². The minimum Gasteiger partial charge on any atom is -0.271 e. The Balaban J connectivity index is 2.55. The van der Waals surface area contributed by atoms with Crippen LogP contribution in [0.4, 0.5) is 4.39 Å². The fourth-order valence-corrected chi connectivity index (χ4v) is 2.81. The van der Waals surface area contributed by atoms with Crippen LogP contribution in [0.3, 0.4) is 0 Å². The molecule has 1 unspecified atom stereocenters. The highest BCUT2D eigenvalue weighted by Gasteiger charge is 2.21. The molecular weight excluding hydrogens is 398 g/mol. The van der Waals surface area contributed by atoms with E-state index in [0.29, 0.717) is 10.0 Å². The van der Waals surface area contributed by atoms with Gasteiger partial charge in [0.15, 0.2) is 0 Å². The molecule has 2 aromatic rings. The van der Waals surface area contributed by atoms with E-state index in [1.165, 1.54) is 0 Å². The van der Waals surface area contributed by atoms with Gasteiger partial charge in [0, 0.05) is 14.5 Å². The molecule has 0 saturated carbocycles. The monoisotopic (exact) mass is 406 g/mol. The molecule has 2 aromatic carbocycles. The third kappa shape index (κ3) is 3.01. The van der Waals surface area contributed by atoms with Gasteiger partial charge in [-0.2, -0.15) is 0 Å². The van der Waals surface area contributed by atoms with E-state index < -0.39 is 11.9 Å². The van der Waals surface area contributed by atoms with Gasteiger partial charge in [-0.25, -0.2) is 9.82 Å². The average Bonchev–Trinajstić information content (AvgIpc) is 2.41. The predicted molar refractivity (Wildman–Crippen MR) is 82.4 cm³/mol. The van der Waals surface area contributed by atoms with Crippen LogP contribution < -0.4 is 11.3 Å². The van der Waals surface area contributed by atoms with Crippen molar-refractivity contribution >= 4 is 43.5 Å². The fourth-order valence-electron chi connectivity index (χ4n) is 1.82. The highest BCUT2D eigenvalue weighted by molar-refractivity contribution is 9.10. The van der Waals surface area contributed by atoms with Crippen LogP contribution in [0.5, 0.6) is 0 Å². The molecule has 2 nitrogen and oxygen atoms in total. The Bertz CT molecular complexity index is 607. The van der Waals surface area contributed by atoms with Crippen molar-refractivity contribution in [3.05, 3.63) is 67.3 Å². The van der Waals surface area contributed by atoms with Crippen LogP contribution in [0.25, 0.3) is 0 Å². The second kappa shape index (κ2) is 6.33. The van der Waals surface area contributed by atoms with Crippen LogP contribution in [0.1, 0.15) is 17.2 Å². The zero-order valence-electron chi connectivity index (χ0n) is 9.63. The van der Waals surface area contributed by atoms with Gasteiger partial charge in [-0.3, -0.25) is 5.84 Å². The maximum Gasteiger partial charge on any atom is 0.148 e. The molecule has 0 aliphatic heterocycles. The van der Waals surface area contributed by atoms with Gasteiger partial charge >= 0.3 is 0 Å². The molecule has 3 N–H and O–H groups in total. The van der Waals surface area contributed by atoms with Gasteiger partial charge in [0.1, 0.15) is 5.82 Å². The molecule has 1 atom stereocenters. The molecule has 0 amide bonds. The van der Waals surface area contributed by atoms with Crippen molar-refractivity contribution in [2.75, 3.05) is 0 Å². The molecule has 100 valence electrons. The summed E-state index contributed by atoms with van der Waals surface area (Å²) in [6.07, 6.45) is 0. The quantitative estimate of drug-likeness (QED) is 0.444. The van der Waals surface area contributed by atoms with E-state index in [1.807, 2.05) is 24.3 Å². The van der Waals surface area contributed by atoms with Crippen molar-refractivity contribution < 1.29 is 4.39 Å². The second-order valence-corrected chi connectivity index (χ2v) is 5.97. The summed E-state index contributed by atoms with van der Waals surface area (Å²) in [4.78, 5) is 0. The van der Waals surface area contributed by atoms with Crippen molar-refractivity contribution in [3.8, 4) is 0 Å². The molecule has 0 aliphatic carbocycles. The van der Waals surface area contributed by atoms with Crippen LogP contribution in [0.2, 0.25) is 5.02 Å². The molecule has 0 heterocycles. The van der Waals surface area contributed by atoms with Gasteiger partial charge < -0.3 is 0 Å². The Morgan fingerprint density at radius 2 is 1.74 bits per heavy atom. The number of benzene rings is 2. The van der Waals surface area contributed by atoms with E-state index in [0.717, 1.165) is 10.0 Å². The highest BCUT2D eigenvalue weighted by atomic mass is 79.9. The van der Waals surface area contributed by atoms with E-state index in [2.05, 4.69) is 37.3 Å². The Hall–Kier alpha value is -0.460. The molecule has 6 heteroatoms. The number of nitrogens with one attached hydrogen (secondary N) is 1. The Kier molecular flexibility index (Phi) is 4.97. The molecule has 0 aromatic heterocycles. The summed E-state index contributed by atoms with van der Waals surface area (Å²) < 4.78 is 15.6. The standard InChI is InChI=1S/C13H10Br2ClFN2/c14-9-4-2-1-3-7(9)13(19-18)8-5-6-10(15)11(16)12(8)17/h1-6,13,19H,18H2. The van der Waals surface area contributed by atoms with Gasteiger partial charge in [0.05, 0.1) is 11.1 Å². The maximum atomic E-state index is 14.2. The smallest absolute Gasteiger partial charge is 0.148 e. The Labute approximate surface area is 132 Å². The van der Waals surface area contributed by atoms with E-state index in [4.69, 9.17) is 17.4 Å². The summed E-state index contributed by atoms with van der Waals surface area (Å²) in [6.45, 7) is 0. The number of hydrazine groups is 1. The third-order valence-electron chi connectivity index (χ3n) is 2.76. The number of hydrogen-bond donors (Lipinski definition) is 2. The number of rotatable bonds is 3. The van der Waals surface area contributed by atoms with Gasteiger partial charge in [-0.05, 0) is 33.6 Å². The van der Waals surface area contributed by atoms with E-state index >= 15 is 0 Å². The molecule has 2 rings (SSSR count). The SMILES string of the molecule is NNC(c1ccccc1Br)c1ccc(Br)c(Cl)c1F. The predicted octanol–water partition coefficient (Wildman–Crippen LogP) is 4.56.